The Balaban J connectivity index is 2.05. The number of halogens is 1. The summed E-state index contributed by atoms with van der Waals surface area (Å²) in [6.07, 6.45) is 0. The maximum absolute atomic E-state index is 11.0. The molecule has 0 saturated heterocycles. The van der Waals surface area contributed by atoms with Crippen LogP contribution in [0.2, 0.25) is 0 Å². The fourth-order valence-electron chi connectivity index (χ4n) is 1.71. The fourth-order valence-corrected chi connectivity index (χ4v) is 2.61. The molecular weight excluding hydrogens is 342 g/mol. The van der Waals surface area contributed by atoms with Gasteiger partial charge in [0, 0.05) is 16.7 Å². The molecule has 5 nitrogen and oxygen atoms in total. The van der Waals surface area contributed by atoms with Gasteiger partial charge < -0.3 is 5.32 Å². The van der Waals surface area contributed by atoms with Crippen LogP contribution in [0.3, 0.4) is 0 Å². The standard InChI is InChI=1S/C13H14BrN3O2S/c14-11-4-1-3-10(7-11)9-16-12-5-2-6-13(8-12)17-20(15,18)19/h1-8,16-17H,9H2,(H2,15,18,19). The van der Waals surface area contributed by atoms with Gasteiger partial charge in [-0.15, -0.1) is 0 Å². The van der Waals surface area contributed by atoms with E-state index in [0.29, 0.717) is 12.2 Å². The van der Waals surface area contributed by atoms with Crippen LogP contribution in [0.4, 0.5) is 11.4 Å². The first kappa shape index (κ1) is 14.8. The molecule has 0 amide bonds. The molecule has 7 heteroatoms. The normalized spacial score (nSPS) is 11.1. The third kappa shape index (κ3) is 4.84. The topological polar surface area (TPSA) is 84.2 Å². The first-order valence-corrected chi connectivity index (χ1v) is 8.15. The Morgan fingerprint density at radius 1 is 1.05 bits per heavy atom. The number of nitrogens with two attached hydrogens (primary N) is 1. The van der Waals surface area contributed by atoms with E-state index in [1.807, 2.05) is 30.3 Å². The lowest BCUT2D eigenvalue weighted by atomic mass is 10.2. The molecule has 20 heavy (non-hydrogen) atoms. The van der Waals surface area contributed by atoms with Crippen molar-refractivity contribution in [2.75, 3.05) is 10.0 Å². The van der Waals surface area contributed by atoms with E-state index in [-0.39, 0.29) is 0 Å². The van der Waals surface area contributed by atoms with Crippen molar-refractivity contribution in [1.29, 1.82) is 0 Å². The van der Waals surface area contributed by atoms with Crippen LogP contribution in [0.1, 0.15) is 5.56 Å². The lowest BCUT2D eigenvalue weighted by Gasteiger charge is -2.09. The summed E-state index contributed by atoms with van der Waals surface area (Å²) < 4.78 is 25.2. The molecule has 0 unspecified atom stereocenters. The summed E-state index contributed by atoms with van der Waals surface area (Å²) >= 11 is 3.41. The van der Waals surface area contributed by atoms with Crippen molar-refractivity contribution in [3.05, 3.63) is 58.6 Å². The highest BCUT2D eigenvalue weighted by Crippen LogP contribution is 2.17. The molecule has 0 aliphatic heterocycles. The second kappa shape index (κ2) is 6.25. The summed E-state index contributed by atoms with van der Waals surface area (Å²) in [6, 6.07) is 14.9. The van der Waals surface area contributed by atoms with Crippen molar-refractivity contribution in [2.24, 2.45) is 5.14 Å². The van der Waals surface area contributed by atoms with Gasteiger partial charge >= 0.3 is 0 Å². The van der Waals surface area contributed by atoms with Gasteiger partial charge in [0.2, 0.25) is 0 Å². The van der Waals surface area contributed by atoms with E-state index in [4.69, 9.17) is 5.14 Å². The zero-order chi connectivity index (χ0) is 14.6. The minimum absolute atomic E-state index is 0.423. The first-order chi connectivity index (χ1) is 9.42. The Morgan fingerprint density at radius 2 is 1.75 bits per heavy atom. The minimum atomic E-state index is -3.75. The molecule has 0 fully saturated rings. The fraction of sp³-hybridized carbons (Fsp3) is 0.0769. The highest BCUT2D eigenvalue weighted by Gasteiger charge is 2.02. The van der Waals surface area contributed by atoms with Crippen molar-refractivity contribution >= 4 is 37.5 Å². The molecule has 0 atom stereocenters. The number of rotatable bonds is 5. The zero-order valence-corrected chi connectivity index (χ0v) is 12.9. The molecule has 106 valence electrons. The lowest BCUT2D eigenvalue weighted by Crippen LogP contribution is -2.21. The van der Waals surface area contributed by atoms with E-state index in [1.165, 1.54) is 0 Å². The van der Waals surface area contributed by atoms with Crippen LogP contribution in [0.5, 0.6) is 0 Å². The summed E-state index contributed by atoms with van der Waals surface area (Å²) in [5, 5.41) is 8.15. The van der Waals surface area contributed by atoms with Crippen molar-refractivity contribution in [3.8, 4) is 0 Å². The Labute approximate surface area is 126 Å². The second-order valence-electron chi connectivity index (χ2n) is 4.21. The summed E-state index contributed by atoms with van der Waals surface area (Å²) in [6.45, 7) is 0.637. The van der Waals surface area contributed by atoms with E-state index in [0.717, 1.165) is 15.7 Å². The quantitative estimate of drug-likeness (QED) is 0.770. The van der Waals surface area contributed by atoms with Gasteiger partial charge in [-0.3, -0.25) is 4.72 Å². The molecule has 0 aliphatic carbocycles. The summed E-state index contributed by atoms with van der Waals surface area (Å²) in [5.41, 5.74) is 2.34. The van der Waals surface area contributed by atoms with E-state index in [9.17, 15) is 8.42 Å². The average Bonchev–Trinajstić information content (AvgIpc) is 2.35. The average molecular weight is 356 g/mol. The number of benzene rings is 2. The maximum Gasteiger partial charge on any atom is 0.296 e. The SMILES string of the molecule is NS(=O)(=O)Nc1cccc(NCc2cccc(Br)c2)c1. The molecule has 0 bridgehead atoms. The van der Waals surface area contributed by atoms with Crippen LogP contribution >= 0.6 is 15.9 Å². The smallest absolute Gasteiger partial charge is 0.296 e. The van der Waals surface area contributed by atoms with Gasteiger partial charge in [-0.25, -0.2) is 5.14 Å². The van der Waals surface area contributed by atoms with E-state index >= 15 is 0 Å². The molecule has 0 aromatic heterocycles. The van der Waals surface area contributed by atoms with E-state index < -0.39 is 10.2 Å². The van der Waals surface area contributed by atoms with E-state index in [1.54, 1.807) is 18.2 Å². The van der Waals surface area contributed by atoms with Crippen LogP contribution in [0.15, 0.2) is 53.0 Å². The van der Waals surface area contributed by atoms with Gasteiger partial charge in [0.05, 0.1) is 5.69 Å². The molecule has 2 rings (SSSR count). The summed E-state index contributed by atoms with van der Waals surface area (Å²) in [5.74, 6) is 0. The number of nitrogens with one attached hydrogen (secondary N) is 2. The van der Waals surface area contributed by atoms with Gasteiger partial charge in [-0.05, 0) is 35.9 Å². The third-order valence-electron chi connectivity index (χ3n) is 2.51. The zero-order valence-electron chi connectivity index (χ0n) is 10.5. The summed E-state index contributed by atoms with van der Waals surface area (Å²) in [7, 11) is -3.75. The Hall–Kier alpha value is -1.57. The monoisotopic (exact) mass is 355 g/mol. The van der Waals surface area contributed by atoms with Crippen LogP contribution in [-0.4, -0.2) is 8.42 Å². The second-order valence-corrected chi connectivity index (χ2v) is 6.42. The molecule has 0 heterocycles. The van der Waals surface area contributed by atoms with Gasteiger partial charge in [0.25, 0.3) is 10.2 Å². The molecule has 0 aliphatic rings. The Morgan fingerprint density at radius 3 is 2.45 bits per heavy atom. The predicted molar refractivity (Wildman–Crippen MR) is 84.6 cm³/mol. The van der Waals surface area contributed by atoms with E-state index in [2.05, 4.69) is 26.0 Å². The van der Waals surface area contributed by atoms with Crippen LogP contribution in [0, 0.1) is 0 Å². The van der Waals surface area contributed by atoms with Gasteiger partial charge in [0.15, 0.2) is 0 Å². The number of hydrogen-bond donors (Lipinski definition) is 3. The minimum Gasteiger partial charge on any atom is -0.381 e. The highest BCUT2D eigenvalue weighted by molar-refractivity contribution is 9.10. The molecule has 4 N–H and O–H groups in total. The van der Waals surface area contributed by atoms with Gasteiger partial charge in [-0.1, -0.05) is 34.1 Å². The van der Waals surface area contributed by atoms with Crippen molar-refractivity contribution in [1.82, 2.24) is 0 Å². The largest absolute Gasteiger partial charge is 0.381 e. The van der Waals surface area contributed by atoms with Crippen molar-refractivity contribution < 1.29 is 8.42 Å². The van der Waals surface area contributed by atoms with Crippen molar-refractivity contribution in [2.45, 2.75) is 6.54 Å². The van der Waals surface area contributed by atoms with Gasteiger partial charge in [-0.2, -0.15) is 8.42 Å². The molecule has 0 radical (unpaired) electrons. The first-order valence-electron chi connectivity index (χ1n) is 5.81. The predicted octanol–water partition coefficient (Wildman–Crippen LogP) is 2.68. The van der Waals surface area contributed by atoms with Gasteiger partial charge in [0.1, 0.15) is 0 Å². The lowest BCUT2D eigenvalue weighted by molar-refractivity contribution is 0.603. The number of hydrogen-bond acceptors (Lipinski definition) is 3. The number of anilines is 2. The molecule has 0 spiro atoms. The highest BCUT2D eigenvalue weighted by atomic mass is 79.9. The molecule has 0 saturated carbocycles. The van der Waals surface area contributed by atoms with Crippen molar-refractivity contribution in [3.63, 3.8) is 0 Å². The van der Waals surface area contributed by atoms with Crippen LogP contribution in [-0.2, 0) is 16.8 Å². The van der Waals surface area contributed by atoms with Crippen LogP contribution < -0.4 is 15.2 Å². The third-order valence-corrected chi connectivity index (χ3v) is 3.52. The molecule has 2 aromatic carbocycles. The maximum atomic E-state index is 11.0. The Kier molecular flexibility index (Phi) is 4.64. The van der Waals surface area contributed by atoms with Crippen LogP contribution in [0.25, 0.3) is 0 Å². The molecular formula is C13H14BrN3O2S. The summed E-state index contributed by atoms with van der Waals surface area (Å²) in [4.78, 5) is 0. The Bertz CT molecular complexity index is 704. The molecule has 2 aromatic rings.